The first-order chi connectivity index (χ1) is 16.9. The molecule has 1 aromatic heterocycles. The molecule has 6 nitrogen and oxygen atoms in total. The third-order valence-corrected chi connectivity index (χ3v) is 5.82. The summed E-state index contributed by atoms with van der Waals surface area (Å²) in [6, 6.07) is 20.8. The van der Waals surface area contributed by atoms with Gasteiger partial charge in [-0.2, -0.15) is 0 Å². The van der Waals surface area contributed by atoms with Crippen molar-refractivity contribution in [3.63, 3.8) is 0 Å². The van der Waals surface area contributed by atoms with E-state index in [1.807, 2.05) is 37.3 Å². The summed E-state index contributed by atoms with van der Waals surface area (Å²) in [6.07, 6.45) is 1.73. The third-order valence-electron chi connectivity index (χ3n) is 5.82. The number of carboxylic acid groups (broad SMARTS) is 1. The van der Waals surface area contributed by atoms with Crippen molar-refractivity contribution in [3.8, 4) is 11.3 Å². The van der Waals surface area contributed by atoms with Gasteiger partial charge in [-0.1, -0.05) is 30.3 Å². The molecule has 4 rings (SSSR count). The van der Waals surface area contributed by atoms with Crippen LogP contribution in [0.15, 0.2) is 72.8 Å². The van der Waals surface area contributed by atoms with Crippen LogP contribution in [0.4, 0.5) is 4.39 Å². The van der Waals surface area contributed by atoms with E-state index in [1.165, 1.54) is 12.1 Å². The van der Waals surface area contributed by atoms with Gasteiger partial charge < -0.3 is 10.4 Å². The van der Waals surface area contributed by atoms with E-state index in [9.17, 15) is 14.0 Å². The Hall–Kier alpha value is -4.13. The lowest BCUT2D eigenvalue weighted by molar-refractivity contribution is -0.137. The number of aryl methyl sites for hydroxylation is 1. The van der Waals surface area contributed by atoms with Crippen molar-refractivity contribution < 1.29 is 19.1 Å². The van der Waals surface area contributed by atoms with Crippen LogP contribution in [-0.2, 0) is 11.2 Å². The zero-order chi connectivity index (χ0) is 24.8. The minimum absolute atomic E-state index is 0.0802. The van der Waals surface area contributed by atoms with Crippen LogP contribution >= 0.6 is 0 Å². The predicted molar refractivity (Wildman–Crippen MR) is 132 cm³/mol. The normalized spacial score (nSPS) is 11.8. The molecule has 1 amide bonds. The molecule has 0 fully saturated rings. The Balaban J connectivity index is 1.63. The first-order valence-electron chi connectivity index (χ1n) is 11.5. The number of rotatable bonds is 9. The van der Waals surface area contributed by atoms with Gasteiger partial charge in [0.2, 0.25) is 0 Å². The molecule has 7 heteroatoms. The molecule has 178 valence electrons. The zero-order valence-electron chi connectivity index (χ0n) is 19.4. The highest BCUT2D eigenvalue weighted by Gasteiger charge is 2.15. The van der Waals surface area contributed by atoms with Crippen molar-refractivity contribution in [1.82, 2.24) is 15.3 Å². The van der Waals surface area contributed by atoms with Crippen LogP contribution in [-0.4, -0.2) is 27.0 Å². The number of aliphatic carboxylic acids is 1. The lowest BCUT2D eigenvalue weighted by Gasteiger charge is -2.15. The number of benzene rings is 3. The molecule has 0 spiro atoms. The van der Waals surface area contributed by atoms with Crippen molar-refractivity contribution in [2.24, 2.45) is 0 Å². The maximum Gasteiger partial charge on any atom is 0.303 e. The number of nitrogens with zero attached hydrogens (tertiary/aromatic N) is 2. The van der Waals surface area contributed by atoms with Crippen LogP contribution in [0.1, 0.15) is 53.8 Å². The van der Waals surface area contributed by atoms with Gasteiger partial charge in [-0.15, -0.1) is 0 Å². The molecule has 3 aromatic carbocycles. The van der Waals surface area contributed by atoms with Crippen LogP contribution in [0, 0.1) is 5.82 Å². The zero-order valence-corrected chi connectivity index (χ0v) is 19.4. The van der Waals surface area contributed by atoms with Gasteiger partial charge in [0.25, 0.3) is 5.91 Å². The molecule has 0 aliphatic carbocycles. The highest BCUT2D eigenvalue weighted by atomic mass is 19.1. The maximum atomic E-state index is 13.5. The van der Waals surface area contributed by atoms with E-state index in [2.05, 4.69) is 5.32 Å². The number of hydrogen-bond donors (Lipinski definition) is 2. The Kier molecular flexibility index (Phi) is 7.45. The van der Waals surface area contributed by atoms with Crippen LogP contribution in [0.25, 0.3) is 22.3 Å². The fourth-order valence-corrected chi connectivity index (χ4v) is 3.92. The minimum Gasteiger partial charge on any atom is -0.481 e. The summed E-state index contributed by atoms with van der Waals surface area (Å²) < 4.78 is 13.5. The lowest BCUT2D eigenvalue weighted by atomic mass is 10.0. The van der Waals surface area contributed by atoms with Crippen LogP contribution in [0.5, 0.6) is 0 Å². The average molecular weight is 472 g/mol. The number of nitrogens with one attached hydrogen (secondary N) is 1. The molecule has 4 aromatic rings. The van der Waals surface area contributed by atoms with Crippen molar-refractivity contribution in [3.05, 3.63) is 95.4 Å². The minimum atomic E-state index is -0.839. The number of carboxylic acids is 1. The second kappa shape index (κ2) is 10.9. The summed E-state index contributed by atoms with van der Waals surface area (Å²) in [6.45, 7) is 1.93. The van der Waals surface area contributed by atoms with Gasteiger partial charge in [0.15, 0.2) is 0 Å². The van der Waals surface area contributed by atoms with Gasteiger partial charge in [0, 0.05) is 17.5 Å². The molecule has 0 radical (unpaired) electrons. The Morgan fingerprint density at radius 1 is 0.943 bits per heavy atom. The Morgan fingerprint density at radius 2 is 1.69 bits per heavy atom. The Bertz CT molecular complexity index is 1340. The van der Waals surface area contributed by atoms with E-state index < -0.39 is 5.97 Å². The topological polar surface area (TPSA) is 92.2 Å². The smallest absolute Gasteiger partial charge is 0.303 e. The third kappa shape index (κ3) is 6.06. The van der Waals surface area contributed by atoms with Crippen LogP contribution in [0.2, 0.25) is 0 Å². The molecule has 0 aliphatic heterocycles. The number of carbonyl (C=O) groups excluding carboxylic acids is 1. The summed E-state index contributed by atoms with van der Waals surface area (Å²) in [4.78, 5) is 33.3. The van der Waals surface area contributed by atoms with E-state index in [4.69, 9.17) is 15.1 Å². The van der Waals surface area contributed by atoms with Gasteiger partial charge in [0.05, 0.1) is 28.5 Å². The fourth-order valence-electron chi connectivity index (χ4n) is 3.92. The summed E-state index contributed by atoms with van der Waals surface area (Å²) in [5.74, 6) is -1.39. The second-order valence-electron chi connectivity index (χ2n) is 8.44. The van der Waals surface area contributed by atoms with E-state index in [0.717, 1.165) is 11.1 Å². The van der Waals surface area contributed by atoms with Crippen LogP contribution in [0.3, 0.4) is 0 Å². The summed E-state index contributed by atoms with van der Waals surface area (Å²) in [7, 11) is 0. The molecule has 0 saturated heterocycles. The molecule has 1 atom stereocenters. The summed E-state index contributed by atoms with van der Waals surface area (Å²) in [5.41, 5.74) is 4.71. The molecular formula is C28H26FN3O3. The monoisotopic (exact) mass is 471 g/mol. The second-order valence-corrected chi connectivity index (χ2v) is 8.44. The van der Waals surface area contributed by atoms with E-state index in [1.54, 1.807) is 30.3 Å². The number of aromatic nitrogens is 2. The SMILES string of the molecule is C[C@H](NC(=O)c1ccc2nc(-c3ccc(F)cc3)c(CCCCC(=O)O)nc2c1)c1ccccc1. The number of hydrogen-bond acceptors (Lipinski definition) is 4. The van der Waals surface area contributed by atoms with Crippen LogP contribution < -0.4 is 5.32 Å². The summed E-state index contributed by atoms with van der Waals surface area (Å²) in [5, 5.41) is 11.9. The first kappa shape index (κ1) is 24.0. The largest absolute Gasteiger partial charge is 0.481 e. The van der Waals surface area contributed by atoms with Gasteiger partial charge >= 0.3 is 5.97 Å². The lowest BCUT2D eigenvalue weighted by Crippen LogP contribution is -2.26. The van der Waals surface area contributed by atoms with Gasteiger partial charge in [-0.05, 0) is 74.2 Å². The van der Waals surface area contributed by atoms with Gasteiger partial charge in [0.1, 0.15) is 5.82 Å². The Morgan fingerprint density at radius 3 is 2.40 bits per heavy atom. The first-order valence-corrected chi connectivity index (χ1v) is 11.5. The van der Waals surface area contributed by atoms with E-state index in [-0.39, 0.29) is 24.2 Å². The summed E-state index contributed by atoms with van der Waals surface area (Å²) >= 11 is 0. The molecule has 35 heavy (non-hydrogen) atoms. The highest BCUT2D eigenvalue weighted by molar-refractivity contribution is 5.97. The van der Waals surface area contributed by atoms with E-state index in [0.29, 0.717) is 47.2 Å². The standard InChI is InChI=1S/C28H26FN3O3/c1-18(19-7-3-2-4-8-19)30-28(35)21-13-16-23-25(17-21)31-24(9-5-6-10-26(33)34)27(32-23)20-11-14-22(29)15-12-20/h2-4,7-8,11-18H,5-6,9-10H2,1H3,(H,30,35)(H,33,34)/t18-/m0/s1. The molecule has 1 heterocycles. The maximum absolute atomic E-state index is 13.5. The van der Waals surface area contributed by atoms with Crippen molar-refractivity contribution in [2.75, 3.05) is 0 Å². The molecular weight excluding hydrogens is 445 g/mol. The number of halogens is 1. The molecule has 0 saturated carbocycles. The Labute approximate surface area is 202 Å². The number of fused-ring (bicyclic) bond motifs is 1. The number of unbranched alkanes of at least 4 members (excludes halogenated alkanes) is 1. The predicted octanol–water partition coefficient (Wildman–Crippen LogP) is 5.72. The quantitative estimate of drug-likeness (QED) is 0.305. The molecule has 0 unspecified atom stereocenters. The van der Waals surface area contributed by atoms with Crippen molar-refractivity contribution in [1.29, 1.82) is 0 Å². The molecule has 0 bridgehead atoms. The molecule has 2 N–H and O–H groups in total. The van der Waals surface area contributed by atoms with Gasteiger partial charge in [-0.25, -0.2) is 14.4 Å². The fraction of sp³-hybridized carbons (Fsp3) is 0.214. The van der Waals surface area contributed by atoms with Gasteiger partial charge in [-0.3, -0.25) is 9.59 Å². The number of carbonyl (C=O) groups is 2. The van der Waals surface area contributed by atoms with Crippen molar-refractivity contribution >= 4 is 22.9 Å². The van der Waals surface area contributed by atoms with Crippen molar-refractivity contribution in [2.45, 2.75) is 38.6 Å². The highest BCUT2D eigenvalue weighted by Crippen LogP contribution is 2.26. The molecule has 0 aliphatic rings. The average Bonchev–Trinajstić information content (AvgIpc) is 2.86. The van der Waals surface area contributed by atoms with E-state index >= 15 is 0 Å². The number of amides is 1.